The maximum absolute atomic E-state index is 6.00. The highest BCUT2D eigenvalue weighted by molar-refractivity contribution is 5.27. The predicted octanol–water partition coefficient (Wildman–Crippen LogP) is 3.27. The van der Waals surface area contributed by atoms with E-state index in [9.17, 15) is 0 Å². The van der Waals surface area contributed by atoms with Crippen LogP contribution in [0, 0.1) is 17.8 Å². The van der Waals surface area contributed by atoms with Crippen LogP contribution < -0.4 is 4.74 Å². The Bertz CT molecular complexity index is 544. The Labute approximate surface area is 158 Å². The molecule has 2 saturated heterocycles. The highest BCUT2D eigenvalue weighted by Crippen LogP contribution is 2.52. The minimum Gasteiger partial charge on any atom is -0.497 e. The van der Waals surface area contributed by atoms with Gasteiger partial charge in [0.1, 0.15) is 5.75 Å². The van der Waals surface area contributed by atoms with Crippen LogP contribution in [0.2, 0.25) is 0 Å². The first-order valence-electron chi connectivity index (χ1n) is 10.5. The van der Waals surface area contributed by atoms with Crippen molar-refractivity contribution in [3.05, 3.63) is 29.8 Å². The van der Waals surface area contributed by atoms with Gasteiger partial charge in [-0.2, -0.15) is 0 Å². The number of ether oxygens (including phenoxy) is 2. The zero-order valence-electron chi connectivity index (χ0n) is 16.2. The van der Waals surface area contributed by atoms with Gasteiger partial charge in [-0.15, -0.1) is 0 Å². The van der Waals surface area contributed by atoms with Crippen LogP contribution in [0.25, 0.3) is 0 Å². The van der Waals surface area contributed by atoms with E-state index in [1.807, 2.05) is 0 Å². The van der Waals surface area contributed by atoms with E-state index in [-0.39, 0.29) is 0 Å². The van der Waals surface area contributed by atoms with Gasteiger partial charge in [0, 0.05) is 32.8 Å². The Morgan fingerprint density at radius 3 is 2.38 bits per heavy atom. The van der Waals surface area contributed by atoms with Gasteiger partial charge in [0.25, 0.3) is 0 Å². The quantitative estimate of drug-likeness (QED) is 0.633. The summed E-state index contributed by atoms with van der Waals surface area (Å²) in [5.74, 6) is 3.54. The van der Waals surface area contributed by atoms with E-state index in [0.717, 1.165) is 43.3 Å². The predicted molar refractivity (Wildman–Crippen MR) is 104 cm³/mol. The van der Waals surface area contributed by atoms with Crippen LogP contribution in [0.4, 0.5) is 0 Å². The van der Waals surface area contributed by atoms with Crippen molar-refractivity contribution in [2.24, 2.45) is 17.8 Å². The lowest BCUT2D eigenvalue weighted by molar-refractivity contribution is 0.0967. The normalized spacial score (nSPS) is 28.9. The monoisotopic (exact) mass is 358 g/mol. The number of nitrogens with zero attached hydrogens (tertiary/aromatic N) is 2. The number of methoxy groups -OCH3 is 1. The van der Waals surface area contributed by atoms with Crippen LogP contribution in [0.15, 0.2) is 24.3 Å². The van der Waals surface area contributed by atoms with Crippen molar-refractivity contribution >= 4 is 0 Å². The highest BCUT2D eigenvalue weighted by atomic mass is 16.5. The summed E-state index contributed by atoms with van der Waals surface area (Å²) in [6, 6.07) is 8.50. The van der Waals surface area contributed by atoms with Crippen LogP contribution in [0.5, 0.6) is 5.75 Å². The molecule has 0 amide bonds. The van der Waals surface area contributed by atoms with Gasteiger partial charge in [0.15, 0.2) is 0 Å². The zero-order valence-corrected chi connectivity index (χ0v) is 16.2. The fourth-order valence-corrected chi connectivity index (χ4v) is 4.89. The van der Waals surface area contributed by atoms with Crippen molar-refractivity contribution in [1.29, 1.82) is 0 Å². The second-order valence-electron chi connectivity index (χ2n) is 8.36. The number of fused-ring (bicyclic) bond motifs is 1. The first-order chi connectivity index (χ1) is 12.8. The standard InChI is InChI=1S/C22H34N2O2/c1-25-19-8-6-18(7-9-19)14-24-15-20-21(16-24)22(20)17-26-13-5-12-23-10-3-2-4-11-23/h6-9,20-22H,2-5,10-17H2,1H3. The van der Waals surface area contributed by atoms with Gasteiger partial charge in [0.05, 0.1) is 13.7 Å². The largest absolute Gasteiger partial charge is 0.497 e. The third kappa shape index (κ3) is 4.59. The van der Waals surface area contributed by atoms with E-state index in [0.29, 0.717) is 0 Å². The van der Waals surface area contributed by atoms with Crippen molar-refractivity contribution in [3.8, 4) is 5.75 Å². The summed E-state index contributed by atoms with van der Waals surface area (Å²) in [6.07, 6.45) is 5.40. The molecule has 144 valence electrons. The van der Waals surface area contributed by atoms with Gasteiger partial charge in [0.2, 0.25) is 0 Å². The lowest BCUT2D eigenvalue weighted by Gasteiger charge is -2.26. The summed E-state index contributed by atoms with van der Waals surface area (Å²) in [5.41, 5.74) is 1.39. The number of hydrogen-bond acceptors (Lipinski definition) is 4. The van der Waals surface area contributed by atoms with Crippen molar-refractivity contribution in [3.63, 3.8) is 0 Å². The fourth-order valence-electron chi connectivity index (χ4n) is 4.89. The Balaban J connectivity index is 1.07. The molecule has 4 heteroatoms. The van der Waals surface area contributed by atoms with E-state index in [2.05, 4.69) is 34.1 Å². The zero-order chi connectivity index (χ0) is 17.8. The molecule has 1 aromatic carbocycles. The average Bonchev–Trinajstić information content (AvgIpc) is 3.14. The van der Waals surface area contributed by atoms with Crippen molar-refractivity contribution < 1.29 is 9.47 Å². The molecule has 0 N–H and O–H groups in total. The lowest BCUT2D eigenvalue weighted by Crippen LogP contribution is -2.31. The van der Waals surface area contributed by atoms with Crippen molar-refractivity contribution in [2.45, 2.75) is 32.2 Å². The minimum atomic E-state index is 0.831. The summed E-state index contributed by atoms with van der Waals surface area (Å²) < 4.78 is 11.2. The molecule has 0 radical (unpaired) electrons. The van der Waals surface area contributed by atoms with E-state index >= 15 is 0 Å². The summed E-state index contributed by atoms with van der Waals surface area (Å²) >= 11 is 0. The molecule has 2 heterocycles. The number of hydrogen-bond donors (Lipinski definition) is 0. The molecule has 1 aliphatic carbocycles. The molecule has 0 bridgehead atoms. The van der Waals surface area contributed by atoms with Gasteiger partial charge >= 0.3 is 0 Å². The minimum absolute atomic E-state index is 0.831. The first-order valence-corrected chi connectivity index (χ1v) is 10.5. The molecule has 1 aromatic rings. The molecule has 4 rings (SSSR count). The molecule has 1 saturated carbocycles. The van der Waals surface area contributed by atoms with Crippen molar-refractivity contribution in [1.82, 2.24) is 9.80 Å². The smallest absolute Gasteiger partial charge is 0.118 e. The maximum atomic E-state index is 6.00. The molecule has 4 nitrogen and oxygen atoms in total. The molecule has 2 unspecified atom stereocenters. The van der Waals surface area contributed by atoms with Gasteiger partial charge in [-0.25, -0.2) is 0 Å². The highest BCUT2D eigenvalue weighted by Gasteiger charge is 2.55. The van der Waals surface area contributed by atoms with Crippen LogP contribution >= 0.6 is 0 Å². The molecular formula is C22H34N2O2. The van der Waals surface area contributed by atoms with Crippen LogP contribution in [-0.2, 0) is 11.3 Å². The summed E-state index contributed by atoms with van der Waals surface area (Å²) in [6.45, 7) is 9.34. The van der Waals surface area contributed by atoms with Gasteiger partial charge in [-0.05, 0) is 67.8 Å². The summed E-state index contributed by atoms with van der Waals surface area (Å²) in [5, 5.41) is 0. The molecule has 0 aromatic heterocycles. The Kier molecular flexibility index (Phi) is 6.13. The van der Waals surface area contributed by atoms with Crippen LogP contribution in [0.3, 0.4) is 0 Å². The first kappa shape index (κ1) is 18.3. The van der Waals surface area contributed by atoms with Crippen LogP contribution in [-0.4, -0.2) is 62.8 Å². The number of likely N-dealkylation sites (tertiary alicyclic amines) is 2. The second kappa shape index (κ2) is 8.73. The molecule has 2 atom stereocenters. The van der Waals surface area contributed by atoms with E-state index in [1.165, 1.54) is 64.0 Å². The van der Waals surface area contributed by atoms with Crippen molar-refractivity contribution in [2.75, 3.05) is 53.0 Å². The van der Waals surface area contributed by atoms with E-state index in [4.69, 9.17) is 9.47 Å². The summed E-state index contributed by atoms with van der Waals surface area (Å²) in [4.78, 5) is 5.21. The number of benzene rings is 1. The Morgan fingerprint density at radius 2 is 1.69 bits per heavy atom. The number of rotatable bonds is 9. The topological polar surface area (TPSA) is 24.9 Å². The van der Waals surface area contributed by atoms with Crippen LogP contribution in [0.1, 0.15) is 31.2 Å². The molecule has 3 fully saturated rings. The lowest BCUT2D eigenvalue weighted by atomic mass is 10.1. The molecular weight excluding hydrogens is 324 g/mol. The molecule has 26 heavy (non-hydrogen) atoms. The van der Waals surface area contributed by atoms with Gasteiger partial charge in [-0.3, -0.25) is 4.90 Å². The summed E-state index contributed by atoms with van der Waals surface area (Å²) in [7, 11) is 1.72. The second-order valence-corrected chi connectivity index (χ2v) is 8.36. The number of piperidine rings is 2. The SMILES string of the molecule is COc1ccc(CN2CC3C(COCCCN4CCCCC4)C3C2)cc1. The van der Waals surface area contributed by atoms with E-state index < -0.39 is 0 Å². The Morgan fingerprint density at radius 1 is 0.962 bits per heavy atom. The fraction of sp³-hybridized carbons (Fsp3) is 0.727. The molecule has 3 aliphatic rings. The van der Waals surface area contributed by atoms with Gasteiger partial charge < -0.3 is 14.4 Å². The molecule has 2 aliphatic heterocycles. The maximum Gasteiger partial charge on any atom is 0.118 e. The Hall–Kier alpha value is -1.10. The average molecular weight is 359 g/mol. The third-order valence-electron chi connectivity index (χ3n) is 6.53. The van der Waals surface area contributed by atoms with E-state index in [1.54, 1.807) is 7.11 Å². The third-order valence-corrected chi connectivity index (χ3v) is 6.53. The van der Waals surface area contributed by atoms with Gasteiger partial charge in [-0.1, -0.05) is 18.6 Å². The molecule has 0 spiro atoms.